The van der Waals surface area contributed by atoms with E-state index in [0.717, 1.165) is 19.5 Å². The highest BCUT2D eigenvalue weighted by atomic mass is 16.5. The molecule has 0 aromatic heterocycles. The third-order valence-electron chi connectivity index (χ3n) is 3.89. The number of likely N-dealkylation sites (tertiary alicyclic amines) is 1. The molecule has 0 spiro atoms. The van der Waals surface area contributed by atoms with Gasteiger partial charge in [0.1, 0.15) is 11.9 Å². The van der Waals surface area contributed by atoms with Crippen LogP contribution in [0.1, 0.15) is 30.1 Å². The molecule has 5 nitrogen and oxygen atoms in total. The van der Waals surface area contributed by atoms with Crippen LogP contribution in [-0.4, -0.2) is 42.2 Å². The summed E-state index contributed by atoms with van der Waals surface area (Å²) >= 11 is 0. The van der Waals surface area contributed by atoms with Gasteiger partial charge in [-0.05, 0) is 51.6 Å². The molecule has 1 heterocycles. The van der Waals surface area contributed by atoms with Gasteiger partial charge < -0.3 is 20.5 Å². The maximum Gasteiger partial charge on any atom is 0.335 e. The maximum atomic E-state index is 10.9. The molecule has 110 valence electrons. The molecule has 2 atom stereocenters. The highest BCUT2D eigenvalue weighted by molar-refractivity contribution is 5.89. The van der Waals surface area contributed by atoms with E-state index in [-0.39, 0.29) is 11.7 Å². The third kappa shape index (κ3) is 3.42. The molecular weight excluding hydrogens is 256 g/mol. The van der Waals surface area contributed by atoms with E-state index in [1.807, 2.05) is 6.92 Å². The van der Waals surface area contributed by atoms with Crippen LogP contribution in [0, 0.1) is 5.92 Å². The molecule has 2 unspecified atom stereocenters. The smallest absolute Gasteiger partial charge is 0.335 e. The Bertz CT molecular complexity index is 490. The van der Waals surface area contributed by atoms with Crippen LogP contribution in [0.25, 0.3) is 0 Å². The molecule has 2 rings (SSSR count). The summed E-state index contributed by atoms with van der Waals surface area (Å²) in [5.74, 6) is 0.0632. The number of piperidine rings is 1. The van der Waals surface area contributed by atoms with Crippen molar-refractivity contribution >= 4 is 11.7 Å². The number of nitrogen functional groups attached to an aromatic ring is 1. The van der Waals surface area contributed by atoms with Crippen molar-refractivity contribution in [3.63, 3.8) is 0 Å². The lowest BCUT2D eigenvalue weighted by Crippen LogP contribution is -2.39. The Labute approximate surface area is 119 Å². The molecule has 1 aromatic carbocycles. The largest absolute Gasteiger partial charge is 0.488 e. The second-order valence-electron chi connectivity index (χ2n) is 5.55. The summed E-state index contributed by atoms with van der Waals surface area (Å²) in [6.45, 7) is 4.21. The molecule has 0 aliphatic carbocycles. The number of ether oxygens (including phenoxy) is 1. The number of anilines is 1. The fraction of sp³-hybridized carbons (Fsp3) is 0.533. The van der Waals surface area contributed by atoms with Gasteiger partial charge in [0.05, 0.1) is 11.3 Å². The Morgan fingerprint density at radius 3 is 2.90 bits per heavy atom. The molecule has 20 heavy (non-hydrogen) atoms. The van der Waals surface area contributed by atoms with Crippen LogP contribution < -0.4 is 10.5 Å². The van der Waals surface area contributed by atoms with E-state index in [1.54, 1.807) is 6.07 Å². The number of nitrogens with zero attached hydrogens (tertiary/aromatic N) is 1. The average Bonchev–Trinajstić information content (AvgIpc) is 2.40. The quantitative estimate of drug-likeness (QED) is 0.825. The number of nitrogens with two attached hydrogens (primary N) is 1. The summed E-state index contributed by atoms with van der Waals surface area (Å²) in [7, 11) is 2.12. The van der Waals surface area contributed by atoms with Gasteiger partial charge in [-0.1, -0.05) is 0 Å². The van der Waals surface area contributed by atoms with E-state index in [4.69, 9.17) is 15.6 Å². The van der Waals surface area contributed by atoms with Crippen molar-refractivity contribution in [3.05, 3.63) is 23.8 Å². The molecule has 1 aliphatic heterocycles. The van der Waals surface area contributed by atoms with Crippen LogP contribution in [0.4, 0.5) is 5.69 Å². The summed E-state index contributed by atoms with van der Waals surface area (Å²) in [5, 5.41) is 8.91. The van der Waals surface area contributed by atoms with Gasteiger partial charge >= 0.3 is 5.97 Å². The van der Waals surface area contributed by atoms with Gasteiger partial charge in [0, 0.05) is 12.5 Å². The highest BCUT2D eigenvalue weighted by Gasteiger charge is 2.24. The van der Waals surface area contributed by atoms with Crippen molar-refractivity contribution in [1.29, 1.82) is 0 Å². The van der Waals surface area contributed by atoms with Gasteiger partial charge in [0.2, 0.25) is 0 Å². The Hall–Kier alpha value is -1.75. The van der Waals surface area contributed by atoms with E-state index >= 15 is 0 Å². The predicted molar refractivity (Wildman–Crippen MR) is 78.1 cm³/mol. The number of carboxylic acid groups (broad SMARTS) is 1. The molecule has 0 amide bonds. The monoisotopic (exact) mass is 278 g/mol. The van der Waals surface area contributed by atoms with E-state index in [9.17, 15) is 4.79 Å². The summed E-state index contributed by atoms with van der Waals surface area (Å²) in [5.41, 5.74) is 6.42. The normalized spacial score (nSPS) is 21.4. The standard InChI is InChI=1S/C15H22N2O3/c1-10(12-4-3-7-17(2)9-12)20-14-6-5-11(15(18)19)8-13(14)16/h5-6,8,10,12H,3-4,7,9,16H2,1-2H3,(H,18,19). The topological polar surface area (TPSA) is 75.8 Å². The first-order chi connectivity index (χ1) is 9.47. The summed E-state index contributed by atoms with van der Waals surface area (Å²) in [4.78, 5) is 13.2. The second-order valence-corrected chi connectivity index (χ2v) is 5.55. The van der Waals surface area contributed by atoms with Crippen LogP contribution in [-0.2, 0) is 0 Å². The number of hydrogen-bond acceptors (Lipinski definition) is 4. The van der Waals surface area contributed by atoms with Crippen LogP contribution in [0.2, 0.25) is 0 Å². The van der Waals surface area contributed by atoms with Crippen LogP contribution in [0.3, 0.4) is 0 Å². The summed E-state index contributed by atoms with van der Waals surface area (Å²) < 4.78 is 5.92. The van der Waals surface area contributed by atoms with Crippen molar-refractivity contribution < 1.29 is 14.6 Å². The Kier molecular flexibility index (Phi) is 4.49. The van der Waals surface area contributed by atoms with Gasteiger partial charge in [-0.25, -0.2) is 4.79 Å². The molecule has 1 fully saturated rings. The van der Waals surface area contributed by atoms with Crippen molar-refractivity contribution in [2.45, 2.75) is 25.9 Å². The lowest BCUT2D eigenvalue weighted by atomic mass is 9.93. The van der Waals surface area contributed by atoms with Gasteiger partial charge in [-0.15, -0.1) is 0 Å². The van der Waals surface area contributed by atoms with Gasteiger partial charge in [0.15, 0.2) is 0 Å². The number of benzene rings is 1. The molecule has 0 bridgehead atoms. The van der Waals surface area contributed by atoms with Crippen molar-refractivity contribution in [2.24, 2.45) is 5.92 Å². The third-order valence-corrected chi connectivity index (χ3v) is 3.89. The van der Waals surface area contributed by atoms with Crippen molar-refractivity contribution in [3.8, 4) is 5.75 Å². The number of aromatic carboxylic acids is 1. The zero-order valence-corrected chi connectivity index (χ0v) is 12.0. The molecule has 0 radical (unpaired) electrons. The molecule has 1 saturated heterocycles. The molecule has 0 saturated carbocycles. The fourth-order valence-corrected chi connectivity index (χ4v) is 2.67. The Balaban J connectivity index is 2.03. The van der Waals surface area contributed by atoms with Gasteiger partial charge in [0.25, 0.3) is 0 Å². The van der Waals surface area contributed by atoms with Gasteiger partial charge in [-0.2, -0.15) is 0 Å². The Morgan fingerprint density at radius 2 is 2.30 bits per heavy atom. The number of rotatable bonds is 4. The summed E-state index contributed by atoms with van der Waals surface area (Å²) in [6.07, 6.45) is 2.40. The minimum Gasteiger partial charge on any atom is -0.488 e. The minimum absolute atomic E-state index is 0.0655. The zero-order valence-electron chi connectivity index (χ0n) is 12.0. The minimum atomic E-state index is -0.981. The van der Waals surface area contributed by atoms with Crippen LogP contribution in [0.5, 0.6) is 5.75 Å². The molecular formula is C15H22N2O3. The highest BCUT2D eigenvalue weighted by Crippen LogP contribution is 2.27. The average molecular weight is 278 g/mol. The molecule has 1 aliphatic rings. The zero-order chi connectivity index (χ0) is 14.7. The SMILES string of the molecule is CC(Oc1ccc(C(=O)O)cc1N)C1CCCN(C)C1. The molecule has 5 heteroatoms. The molecule has 3 N–H and O–H groups in total. The maximum absolute atomic E-state index is 10.9. The second kappa shape index (κ2) is 6.13. The first-order valence-corrected chi connectivity index (χ1v) is 6.95. The van der Waals surface area contributed by atoms with E-state index in [0.29, 0.717) is 17.4 Å². The van der Waals surface area contributed by atoms with Crippen molar-refractivity contribution in [2.75, 3.05) is 25.9 Å². The van der Waals surface area contributed by atoms with Crippen molar-refractivity contribution in [1.82, 2.24) is 4.90 Å². The van der Waals surface area contributed by atoms with E-state index < -0.39 is 5.97 Å². The number of carbonyl (C=O) groups is 1. The first-order valence-electron chi connectivity index (χ1n) is 6.95. The van der Waals surface area contributed by atoms with E-state index in [2.05, 4.69) is 11.9 Å². The van der Waals surface area contributed by atoms with E-state index in [1.165, 1.54) is 18.6 Å². The van der Waals surface area contributed by atoms with Crippen LogP contribution in [0.15, 0.2) is 18.2 Å². The lowest BCUT2D eigenvalue weighted by molar-refractivity contribution is 0.0696. The fourth-order valence-electron chi connectivity index (χ4n) is 2.67. The Morgan fingerprint density at radius 1 is 1.55 bits per heavy atom. The first kappa shape index (κ1) is 14.7. The van der Waals surface area contributed by atoms with Gasteiger partial charge in [-0.3, -0.25) is 0 Å². The number of carboxylic acids is 1. The number of hydrogen-bond donors (Lipinski definition) is 2. The lowest BCUT2D eigenvalue weighted by Gasteiger charge is -2.33. The predicted octanol–water partition coefficient (Wildman–Crippen LogP) is 2.08. The summed E-state index contributed by atoms with van der Waals surface area (Å²) in [6, 6.07) is 4.60. The molecule has 1 aromatic rings. The van der Waals surface area contributed by atoms with Crippen LogP contribution >= 0.6 is 0 Å².